The molecule has 0 unspecified atom stereocenters. The molecule has 2 aromatic heterocycles. The summed E-state index contributed by atoms with van der Waals surface area (Å²) in [5.74, 6) is 0.873. The van der Waals surface area contributed by atoms with E-state index in [1.807, 2.05) is 28.8 Å². The third kappa shape index (κ3) is 3.37. The van der Waals surface area contributed by atoms with Crippen molar-refractivity contribution in [2.75, 3.05) is 31.1 Å². The molecule has 0 radical (unpaired) electrons. The molecule has 5 rings (SSSR count). The summed E-state index contributed by atoms with van der Waals surface area (Å²) >= 11 is 7.83. The summed E-state index contributed by atoms with van der Waals surface area (Å²) in [7, 11) is 0. The maximum absolute atomic E-state index is 6.32. The molecule has 0 amide bonds. The molecule has 0 N–H and O–H groups in total. The van der Waals surface area contributed by atoms with Crippen LogP contribution in [0.25, 0.3) is 15.5 Å². The lowest BCUT2D eigenvalue weighted by atomic mass is 10.2. The zero-order valence-electron chi connectivity index (χ0n) is 15.2. The molecule has 3 heterocycles. The lowest BCUT2D eigenvalue weighted by Gasteiger charge is -2.35. The Labute approximate surface area is 172 Å². The molecule has 8 heteroatoms. The predicted molar refractivity (Wildman–Crippen MR) is 113 cm³/mol. The fourth-order valence-electron chi connectivity index (χ4n) is 3.50. The minimum absolute atomic E-state index is 0.700. The second-order valence-electron chi connectivity index (χ2n) is 6.80. The van der Waals surface area contributed by atoms with Crippen molar-refractivity contribution in [3.05, 3.63) is 65.4 Å². The third-order valence-corrected chi connectivity index (χ3v) is 6.28. The molecule has 0 bridgehead atoms. The summed E-state index contributed by atoms with van der Waals surface area (Å²) in [6.45, 7) is 4.74. The van der Waals surface area contributed by atoms with E-state index < -0.39 is 0 Å². The Morgan fingerprint density at radius 3 is 2.43 bits per heavy atom. The van der Waals surface area contributed by atoms with Gasteiger partial charge in [-0.05, 0) is 18.2 Å². The van der Waals surface area contributed by atoms with Gasteiger partial charge in [0.15, 0.2) is 5.82 Å². The van der Waals surface area contributed by atoms with Crippen LogP contribution >= 0.6 is 22.9 Å². The van der Waals surface area contributed by atoms with Crippen molar-refractivity contribution in [1.29, 1.82) is 0 Å². The van der Waals surface area contributed by atoms with Gasteiger partial charge >= 0.3 is 0 Å². The van der Waals surface area contributed by atoms with Crippen molar-refractivity contribution < 1.29 is 0 Å². The average Bonchev–Trinajstić information content (AvgIpc) is 3.31. The Morgan fingerprint density at radius 2 is 1.64 bits per heavy atom. The van der Waals surface area contributed by atoms with Crippen LogP contribution in [0.4, 0.5) is 5.69 Å². The van der Waals surface area contributed by atoms with Crippen LogP contribution in [0.2, 0.25) is 5.02 Å². The second kappa shape index (κ2) is 7.50. The van der Waals surface area contributed by atoms with Gasteiger partial charge in [0.1, 0.15) is 5.01 Å². The van der Waals surface area contributed by atoms with Gasteiger partial charge in [0.25, 0.3) is 0 Å². The number of rotatable bonds is 4. The van der Waals surface area contributed by atoms with E-state index >= 15 is 0 Å². The van der Waals surface area contributed by atoms with Crippen molar-refractivity contribution >= 4 is 33.6 Å². The summed E-state index contributed by atoms with van der Waals surface area (Å²) in [6, 6.07) is 18.3. The molecule has 2 aromatic carbocycles. The van der Waals surface area contributed by atoms with Gasteiger partial charge in [0, 0.05) is 37.4 Å². The summed E-state index contributed by atoms with van der Waals surface area (Å²) < 4.78 is 1.85. The summed E-state index contributed by atoms with van der Waals surface area (Å²) in [5, 5.41) is 15.0. The quantitative estimate of drug-likeness (QED) is 0.511. The van der Waals surface area contributed by atoms with E-state index in [0.717, 1.165) is 54.1 Å². The first-order valence-electron chi connectivity index (χ1n) is 9.26. The van der Waals surface area contributed by atoms with Gasteiger partial charge < -0.3 is 4.90 Å². The van der Waals surface area contributed by atoms with E-state index in [1.165, 1.54) is 17.0 Å². The van der Waals surface area contributed by atoms with Crippen molar-refractivity contribution in [3.63, 3.8) is 0 Å². The number of para-hydroxylation sites is 1. The highest BCUT2D eigenvalue weighted by Gasteiger charge is 2.21. The van der Waals surface area contributed by atoms with Crippen molar-refractivity contribution in [3.8, 4) is 10.6 Å². The fraction of sp³-hybridized carbons (Fsp3) is 0.250. The molecule has 1 aliphatic heterocycles. The number of fused-ring (bicyclic) bond motifs is 1. The van der Waals surface area contributed by atoms with Gasteiger partial charge in [-0.3, -0.25) is 4.90 Å². The fourth-order valence-corrected chi connectivity index (χ4v) is 4.68. The normalized spacial score (nSPS) is 15.4. The van der Waals surface area contributed by atoms with Crippen molar-refractivity contribution in [2.45, 2.75) is 6.54 Å². The summed E-state index contributed by atoms with van der Waals surface area (Å²) in [6.07, 6.45) is 0. The smallest absolute Gasteiger partial charge is 0.235 e. The zero-order chi connectivity index (χ0) is 18.9. The lowest BCUT2D eigenvalue weighted by molar-refractivity contribution is 0.242. The van der Waals surface area contributed by atoms with Crippen LogP contribution in [0, 0.1) is 0 Å². The molecule has 0 spiro atoms. The molecule has 6 nitrogen and oxygen atoms in total. The average molecular weight is 411 g/mol. The molecule has 142 valence electrons. The zero-order valence-corrected chi connectivity index (χ0v) is 16.8. The Balaban J connectivity index is 1.31. The Morgan fingerprint density at radius 1 is 0.893 bits per heavy atom. The Bertz CT molecular complexity index is 1080. The van der Waals surface area contributed by atoms with E-state index in [9.17, 15) is 0 Å². The van der Waals surface area contributed by atoms with E-state index in [0.29, 0.717) is 5.02 Å². The predicted octanol–water partition coefficient (Wildman–Crippen LogP) is 3.83. The molecular formula is C20H19ClN6S. The van der Waals surface area contributed by atoms with Crippen LogP contribution in [0.3, 0.4) is 0 Å². The first-order chi connectivity index (χ1) is 13.8. The van der Waals surface area contributed by atoms with Crippen LogP contribution in [0.5, 0.6) is 0 Å². The van der Waals surface area contributed by atoms with E-state index in [1.54, 1.807) is 0 Å². The molecular weight excluding hydrogens is 392 g/mol. The molecule has 28 heavy (non-hydrogen) atoms. The Hall–Kier alpha value is -2.48. The van der Waals surface area contributed by atoms with Gasteiger partial charge in [0.2, 0.25) is 4.96 Å². The number of aromatic nitrogens is 4. The molecule has 1 saturated heterocycles. The maximum atomic E-state index is 6.32. The standard InChI is InChI=1S/C20H19ClN6S/c21-17-9-5-4-8-16(17)19-24-27-18(22-23-20(27)28-19)14-25-10-12-26(13-11-25)15-6-2-1-3-7-15/h1-9H,10-14H2. The molecule has 4 aromatic rings. The van der Waals surface area contributed by atoms with Crippen LogP contribution < -0.4 is 4.90 Å². The highest BCUT2D eigenvalue weighted by Crippen LogP contribution is 2.31. The van der Waals surface area contributed by atoms with Crippen LogP contribution in [0.1, 0.15) is 5.82 Å². The van der Waals surface area contributed by atoms with E-state index in [2.05, 4.69) is 50.3 Å². The van der Waals surface area contributed by atoms with E-state index in [-0.39, 0.29) is 0 Å². The second-order valence-corrected chi connectivity index (χ2v) is 8.16. The van der Waals surface area contributed by atoms with Crippen LogP contribution in [0.15, 0.2) is 54.6 Å². The number of anilines is 1. The summed E-state index contributed by atoms with van der Waals surface area (Å²) in [5.41, 5.74) is 2.22. The van der Waals surface area contributed by atoms with E-state index in [4.69, 9.17) is 16.7 Å². The summed E-state index contributed by atoms with van der Waals surface area (Å²) in [4.78, 5) is 5.63. The largest absolute Gasteiger partial charge is 0.369 e. The molecule has 0 saturated carbocycles. The van der Waals surface area contributed by atoms with Crippen molar-refractivity contribution in [1.82, 2.24) is 24.7 Å². The third-order valence-electron chi connectivity index (χ3n) is 5.02. The lowest BCUT2D eigenvalue weighted by Crippen LogP contribution is -2.46. The van der Waals surface area contributed by atoms with Gasteiger partial charge in [-0.25, -0.2) is 0 Å². The molecule has 0 atom stereocenters. The SMILES string of the molecule is Clc1ccccc1-c1nn2c(CN3CCN(c4ccccc4)CC3)nnc2s1. The number of benzene rings is 2. The molecule has 1 aliphatic rings. The number of nitrogens with zero attached hydrogens (tertiary/aromatic N) is 6. The first-order valence-corrected chi connectivity index (χ1v) is 10.5. The maximum Gasteiger partial charge on any atom is 0.235 e. The van der Waals surface area contributed by atoms with Gasteiger partial charge in [-0.15, -0.1) is 10.2 Å². The molecule has 0 aliphatic carbocycles. The number of halogens is 1. The number of hydrogen-bond acceptors (Lipinski definition) is 6. The van der Waals surface area contributed by atoms with Gasteiger partial charge in [-0.1, -0.05) is 59.3 Å². The van der Waals surface area contributed by atoms with Gasteiger partial charge in [0.05, 0.1) is 11.6 Å². The highest BCUT2D eigenvalue weighted by molar-refractivity contribution is 7.19. The topological polar surface area (TPSA) is 49.6 Å². The monoisotopic (exact) mass is 410 g/mol. The van der Waals surface area contributed by atoms with Crippen LogP contribution in [-0.2, 0) is 6.54 Å². The Kier molecular flexibility index (Phi) is 4.72. The minimum Gasteiger partial charge on any atom is -0.369 e. The van der Waals surface area contributed by atoms with Gasteiger partial charge in [-0.2, -0.15) is 9.61 Å². The number of hydrogen-bond donors (Lipinski definition) is 0. The van der Waals surface area contributed by atoms with Crippen molar-refractivity contribution in [2.24, 2.45) is 0 Å². The first kappa shape index (κ1) is 17.6. The molecule has 1 fully saturated rings. The highest BCUT2D eigenvalue weighted by atomic mass is 35.5. The number of piperazine rings is 1. The minimum atomic E-state index is 0.700. The van der Waals surface area contributed by atoms with Crippen LogP contribution in [-0.4, -0.2) is 50.9 Å².